The number of fused-ring (bicyclic) bond motifs is 1. The molecule has 0 aliphatic carbocycles. The van der Waals surface area contributed by atoms with E-state index in [0.717, 1.165) is 48.0 Å². The Bertz CT molecular complexity index is 933. The van der Waals surface area contributed by atoms with Crippen molar-refractivity contribution in [1.29, 1.82) is 0 Å². The molecule has 2 atom stereocenters. The average molecular weight is 368 g/mol. The van der Waals surface area contributed by atoms with Gasteiger partial charge in [0.15, 0.2) is 6.23 Å². The third kappa shape index (κ3) is 3.72. The SMILES string of the molecule is CC(O)CNc1nc(N)nc2cc(-c3ccnn3C3CCCCO3)ccc12. The summed E-state index contributed by atoms with van der Waals surface area (Å²) in [4.78, 5) is 8.64. The smallest absolute Gasteiger partial charge is 0.222 e. The lowest BCUT2D eigenvalue weighted by molar-refractivity contribution is -0.0383. The number of aromatic nitrogens is 4. The first-order valence-corrected chi connectivity index (χ1v) is 9.26. The fraction of sp³-hybridized carbons (Fsp3) is 0.421. The molecule has 1 fully saturated rings. The molecule has 142 valence electrons. The van der Waals surface area contributed by atoms with E-state index in [1.165, 1.54) is 0 Å². The van der Waals surface area contributed by atoms with Gasteiger partial charge in [0, 0.05) is 30.3 Å². The molecule has 3 aromatic rings. The Kier molecular flexibility index (Phi) is 4.91. The van der Waals surface area contributed by atoms with E-state index < -0.39 is 6.10 Å². The lowest BCUT2D eigenvalue weighted by Gasteiger charge is -2.24. The Morgan fingerprint density at radius 3 is 3.00 bits per heavy atom. The molecule has 2 aromatic heterocycles. The second-order valence-electron chi connectivity index (χ2n) is 6.87. The van der Waals surface area contributed by atoms with E-state index in [0.29, 0.717) is 12.4 Å². The van der Waals surface area contributed by atoms with Crippen LogP contribution in [0.4, 0.5) is 11.8 Å². The lowest BCUT2D eigenvalue weighted by atomic mass is 10.1. The summed E-state index contributed by atoms with van der Waals surface area (Å²) < 4.78 is 7.83. The number of ether oxygens (including phenoxy) is 1. The maximum Gasteiger partial charge on any atom is 0.222 e. The monoisotopic (exact) mass is 368 g/mol. The van der Waals surface area contributed by atoms with E-state index >= 15 is 0 Å². The highest BCUT2D eigenvalue weighted by Crippen LogP contribution is 2.31. The van der Waals surface area contributed by atoms with Gasteiger partial charge in [-0.1, -0.05) is 6.07 Å². The van der Waals surface area contributed by atoms with Crippen LogP contribution >= 0.6 is 0 Å². The van der Waals surface area contributed by atoms with Gasteiger partial charge in [0.1, 0.15) is 5.82 Å². The molecule has 0 saturated carbocycles. The minimum Gasteiger partial charge on any atom is -0.392 e. The number of anilines is 2. The Morgan fingerprint density at radius 2 is 2.22 bits per heavy atom. The number of benzene rings is 1. The van der Waals surface area contributed by atoms with Crippen LogP contribution in [0, 0.1) is 0 Å². The lowest BCUT2D eigenvalue weighted by Crippen LogP contribution is -2.19. The second kappa shape index (κ2) is 7.50. The summed E-state index contributed by atoms with van der Waals surface area (Å²) in [6.07, 6.45) is 4.48. The Balaban J connectivity index is 1.71. The quantitative estimate of drug-likeness (QED) is 0.634. The Labute approximate surface area is 157 Å². The van der Waals surface area contributed by atoms with Gasteiger partial charge >= 0.3 is 0 Å². The number of aliphatic hydroxyl groups is 1. The van der Waals surface area contributed by atoms with Crippen molar-refractivity contribution in [2.45, 2.75) is 38.5 Å². The van der Waals surface area contributed by atoms with Crippen LogP contribution in [0.15, 0.2) is 30.5 Å². The molecule has 4 rings (SSSR count). The summed E-state index contributed by atoms with van der Waals surface area (Å²) in [6.45, 7) is 2.87. The van der Waals surface area contributed by atoms with Crippen molar-refractivity contribution >= 4 is 22.7 Å². The molecule has 1 saturated heterocycles. The fourth-order valence-corrected chi connectivity index (χ4v) is 3.37. The fourth-order valence-electron chi connectivity index (χ4n) is 3.37. The number of nitrogens with two attached hydrogens (primary N) is 1. The Hall–Kier alpha value is -2.71. The predicted octanol–water partition coefficient (Wildman–Crippen LogP) is 2.57. The highest BCUT2D eigenvalue weighted by molar-refractivity contribution is 5.92. The van der Waals surface area contributed by atoms with E-state index in [-0.39, 0.29) is 12.2 Å². The zero-order valence-corrected chi connectivity index (χ0v) is 15.3. The van der Waals surface area contributed by atoms with Crippen LogP contribution < -0.4 is 11.1 Å². The van der Waals surface area contributed by atoms with Crippen molar-refractivity contribution in [1.82, 2.24) is 19.7 Å². The summed E-state index contributed by atoms with van der Waals surface area (Å²) in [7, 11) is 0. The molecule has 8 heteroatoms. The zero-order chi connectivity index (χ0) is 18.8. The van der Waals surface area contributed by atoms with E-state index in [2.05, 4.69) is 20.4 Å². The van der Waals surface area contributed by atoms with Gasteiger partial charge in [0.25, 0.3) is 0 Å². The normalized spacial score (nSPS) is 18.5. The molecule has 4 N–H and O–H groups in total. The first-order valence-electron chi connectivity index (χ1n) is 9.26. The van der Waals surface area contributed by atoms with Gasteiger partial charge in [-0.25, -0.2) is 9.67 Å². The first-order chi connectivity index (χ1) is 13.1. The summed E-state index contributed by atoms with van der Waals surface area (Å²) in [5, 5.41) is 18.0. The van der Waals surface area contributed by atoms with Crippen LogP contribution in [0.5, 0.6) is 0 Å². The molecule has 0 bridgehead atoms. The van der Waals surface area contributed by atoms with Crippen LogP contribution in [0.2, 0.25) is 0 Å². The molecule has 0 amide bonds. The van der Waals surface area contributed by atoms with Crippen molar-refractivity contribution < 1.29 is 9.84 Å². The van der Waals surface area contributed by atoms with Crippen molar-refractivity contribution in [2.75, 3.05) is 24.2 Å². The van der Waals surface area contributed by atoms with Gasteiger partial charge in [0.05, 0.1) is 17.3 Å². The van der Waals surface area contributed by atoms with Crippen molar-refractivity contribution in [3.8, 4) is 11.3 Å². The van der Waals surface area contributed by atoms with Crippen LogP contribution in [0.25, 0.3) is 22.2 Å². The summed E-state index contributed by atoms with van der Waals surface area (Å²) in [5.74, 6) is 0.811. The van der Waals surface area contributed by atoms with Gasteiger partial charge in [0.2, 0.25) is 5.95 Å². The summed E-state index contributed by atoms with van der Waals surface area (Å²) >= 11 is 0. The second-order valence-corrected chi connectivity index (χ2v) is 6.87. The van der Waals surface area contributed by atoms with E-state index in [4.69, 9.17) is 10.5 Å². The van der Waals surface area contributed by atoms with Gasteiger partial charge < -0.3 is 20.9 Å². The van der Waals surface area contributed by atoms with Crippen molar-refractivity contribution in [3.05, 3.63) is 30.5 Å². The number of nitrogens with zero attached hydrogens (tertiary/aromatic N) is 4. The summed E-state index contributed by atoms with van der Waals surface area (Å²) in [6, 6.07) is 7.95. The number of hydrogen-bond acceptors (Lipinski definition) is 7. The maximum absolute atomic E-state index is 9.52. The van der Waals surface area contributed by atoms with Crippen LogP contribution in [0.3, 0.4) is 0 Å². The highest BCUT2D eigenvalue weighted by Gasteiger charge is 2.20. The zero-order valence-electron chi connectivity index (χ0n) is 15.3. The van der Waals surface area contributed by atoms with Crippen LogP contribution in [-0.4, -0.2) is 44.1 Å². The Morgan fingerprint density at radius 1 is 1.33 bits per heavy atom. The molecular formula is C19H24N6O2. The molecule has 0 spiro atoms. The van der Waals surface area contributed by atoms with E-state index in [9.17, 15) is 5.11 Å². The molecule has 2 unspecified atom stereocenters. The molecular weight excluding hydrogens is 344 g/mol. The largest absolute Gasteiger partial charge is 0.392 e. The molecule has 1 aliphatic rings. The number of rotatable bonds is 5. The third-order valence-electron chi connectivity index (χ3n) is 4.67. The number of nitrogen functional groups attached to an aromatic ring is 1. The van der Waals surface area contributed by atoms with E-state index in [1.807, 2.05) is 28.9 Å². The molecule has 3 heterocycles. The number of nitrogens with one attached hydrogen (secondary N) is 1. The maximum atomic E-state index is 9.52. The van der Waals surface area contributed by atoms with Crippen molar-refractivity contribution in [2.24, 2.45) is 0 Å². The van der Waals surface area contributed by atoms with Crippen LogP contribution in [-0.2, 0) is 4.74 Å². The van der Waals surface area contributed by atoms with Crippen LogP contribution in [0.1, 0.15) is 32.4 Å². The van der Waals surface area contributed by atoms with E-state index in [1.54, 1.807) is 13.1 Å². The van der Waals surface area contributed by atoms with Gasteiger partial charge in [-0.05, 0) is 44.4 Å². The standard InChI is InChI=1S/C19H24N6O2/c1-12(26)11-21-18-14-6-5-13(10-15(14)23-19(20)24-18)16-7-8-22-25(16)17-4-2-3-9-27-17/h5-8,10,12,17,26H,2-4,9,11H2,1H3,(H3,20,21,23,24). The molecule has 1 aromatic carbocycles. The minimum atomic E-state index is -0.486. The number of aliphatic hydroxyl groups excluding tert-OH is 1. The predicted molar refractivity (Wildman–Crippen MR) is 104 cm³/mol. The molecule has 1 aliphatic heterocycles. The average Bonchev–Trinajstić information content (AvgIpc) is 3.16. The van der Waals surface area contributed by atoms with Gasteiger partial charge in [-0.2, -0.15) is 10.1 Å². The first kappa shape index (κ1) is 17.7. The topological polar surface area (TPSA) is 111 Å². The van der Waals surface area contributed by atoms with Gasteiger partial charge in [-0.3, -0.25) is 0 Å². The molecule has 27 heavy (non-hydrogen) atoms. The third-order valence-corrected chi connectivity index (χ3v) is 4.67. The molecule has 8 nitrogen and oxygen atoms in total. The number of hydrogen-bond donors (Lipinski definition) is 3. The van der Waals surface area contributed by atoms with Gasteiger partial charge in [-0.15, -0.1) is 0 Å². The highest BCUT2D eigenvalue weighted by atomic mass is 16.5. The van der Waals surface area contributed by atoms with Crippen molar-refractivity contribution in [3.63, 3.8) is 0 Å². The minimum absolute atomic E-state index is 0.0295. The molecule has 0 radical (unpaired) electrons. The summed E-state index contributed by atoms with van der Waals surface area (Å²) in [5.41, 5.74) is 8.61.